The smallest absolute Gasteiger partial charge is 0.459 e. The molecule has 2 saturated heterocycles. The number of nitrogens with zero attached hydrogens (tertiary/aromatic N) is 1. The van der Waals surface area contributed by atoms with Gasteiger partial charge in [0.15, 0.2) is 6.23 Å². The Bertz CT molecular complexity index is 1240. The summed E-state index contributed by atoms with van der Waals surface area (Å²) < 4.78 is 37.2. The van der Waals surface area contributed by atoms with Crippen molar-refractivity contribution in [2.75, 3.05) is 13.2 Å². The average Bonchev–Trinajstić information content (AvgIpc) is 3.05. The minimum atomic E-state index is -4.31. The molecule has 14 heteroatoms. The van der Waals surface area contributed by atoms with E-state index in [9.17, 15) is 29.2 Å². The van der Waals surface area contributed by atoms with Crippen molar-refractivity contribution in [2.45, 2.75) is 49.8 Å². The van der Waals surface area contributed by atoms with Gasteiger partial charge in [-0.2, -0.15) is 5.09 Å². The van der Waals surface area contributed by atoms with Crippen molar-refractivity contribution in [3.8, 4) is 5.75 Å². The summed E-state index contributed by atoms with van der Waals surface area (Å²) in [4.78, 5) is 37.5. The number of aliphatic hydroxyl groups excluding tert-OH is 1. The Morgan fingerprint density at radius 2 is 2.00 bits per heavy atom. The Balaban J connectivity index is 1.57. The zero-order valence-electron chi connectivity index (χ0n) is 18.9. The maximum Gasteiger partial charge on any atom is 0.459 e. The number of rotatable bonds is 9. The Labute approximate surface area is 199 Å². The lowest BCUT2D eigenvalue weighted by Gasteiger charge is -2.44. The quantitative estimate of drug-likeness (QED) is 0.347. The van der Waals surface area contributed by atoms with E-state index in [4.69, 9.17) is 18.5 Å². The summed E-state index contributed by atoms with van der Waals surface area (Å²) in [6.45, 7) is 2.40. The molecular weight excluding hydrogens is 485 g/mol. The topological polar surface area (TPSA) is 178 Å². The van der Waals surface area contributed by atoms with Gasteiger partial charge in [-0.05, 0) is 26.0 Å². The molecule has 1 spiro atoms. The maximum atomic E-state index is 13.6. The Morgan fingerprint density at radius 1 is 1.31 bits per heavy atom. The molecule has 0 bridgehead atoms. The third kappa shape index (κ3) is 4.96. The van der Waals surface area contributed by atoms with Gasteiger partial charge in [0.1, 0.15) is 29.1 Å². The number of aromatic nitrogens is 2. The van der Waals surface area contributed by atoms with Gasteiger partial charge >= 0.3 is 19.4 Å². The number of hydrogen-bond donors (Lipinski definition) is 4. The van der Waals surface area contributed by atoms with Gasteiger partial charge in [-0.1, -0.05) is 18.2 Å². The van der Waals surface area contributed by atoms with Crippen molar-refractivity contribution in [1.29, 1.82) is 0 Å². The summed E-state index contributed by atoms with van der Waals surface area (Å²) in [6, 6.07) is 9.15. The minimum absolute atomic E-state index is 0.161. The molecule has 1 aromatic carbocycles. The lowest BCUT2D eigenvalue weighted by molar-refractivity contribution is -0.227. The van der Waals surface area contributed by atoms with Gasteiger partial charge in [0.05, 0.1) is 13.2 Å². The third-order valence-corrected chi connectivity index (χ3v) is 7.64. The van der Waals surface area contributed by atoms with Gasteiger partial charge in [0, 0.05) is 18.7 Å². The van der Waals surface area contributed by atoms with Crippen LogP contribution in [0.3, 0.4) is 0 Å². The van der Waals surface area contributed by atoms with Crippen LogP contribution in [-0.2, 0) is 23.4 Å². The summed E-state index contributed by atoms with van der Waals surface area (Å²) in [5.74, 6) is -1.14. The van der Waals surface area contributed by atoms with Gasteiger partial charge in [-0.25, -0.2) is 9.36 Å². The Kier molecular flexibility index (Phi) is 6.75. The van der Waals surface area contributed by atoms with E-state index < -0.39 is 61.1 Å². The van der Waals surface area contributed by atoms with E-state index >= 15 is 0 Å². The standard InChI is InChI=1S/C21H26N3O10P/c1-20(2,18(27)28)23-35(30,34-13-6-4-3-5-7-13)32-12-14-16(26)21(9-11-31-21)17(33-14)24-10-8-15(25)22-19(24)29/h3-8,10,14,16-17,26H,9,11-12H2,1-2H3,(H,23,30)(H,27,28)(H,22,25,29)/t14-,16-,17-,21-,35?/m1/s1. The highest BCUT2D eigenvalue weighted by atomic mass is 31.2. The minimum Gasteiger partial charge on any atom is -0.480 e. The number of hydrogen-bond acceptors (Lipinski definition) is 9. The van der Waals surface area contributed by atoms with Crippen LogP contribution in [0, 0.1) is 0 Å². The van der Waals surface area contributed by atoms with E-state index in [1.165, 1.54) is 32.2 Å². The number of nitrogens with one attached hydrogen (secondary N) is 2. The first kappa shape index (κ1) is 25.3. The predicted molar refractivity (Wildman–Crippen MR) is 120 cm³/mol. The van der Waals surface area contributed by atoms with E-state index in [-0.39, 0.29) is 5.75 Å². The predicted octanol–water partition coefficient (Wildman–Crippen LogP) is 0.611. The largest absolute Gasteiger partial charge is 0.480 e. The second-order valence-electron chi connectivity index (χ2n) is 8.78. The Morgan fingerprint density at radius 3 is 2.57 bits per heavy atom. The summed E-state index contributed by atoms with van der Waals surface area (Å²) >= 11 is 0. The van der Waals surface area contributed by atoms with Crippen molar-refractivity contribution in [2.24, 2.45) is 0 Å². The SMILES string of the molecule is CC(C)(NP(=O)(OC[C@H]1O[C@@H](n2ccc(=O)[nH]c2=O)[C@@]2(CCO2)[C@@H]1O)Oc1ccccc1)C(=O)O. The molecule has 190 valence electrons. The molecule has 5 atom stereocenters. The monoisotopic (exact) mass is 511 g/mol. The molecule has 1 aromatic heterocycles. The molecule has 1 unspecified atom stereocenters. The molecule has 0 aliphatic carbocycles. The highest BCUT2D eigenvalue weighted by molar-refractivity contribution is 7.52. The molecule has 2 aliphatic heterocycles. The second kappa shape index (κ2) is 9.34. The molecule has 35 heavy (non-hydrogen) atoms. The molecular formula is C21H26N3O10P. The van der Waals surface area contributed by atoms with Crippen LogP contribution in [0.5, 0.6) is 5.75 Å². The van der Waals surface area contributed by atoms with Gasteiger partial charge in [-0.3, -0.25) is 23.7 Å². The molecule has 4 rings (SSSR count). The molecule has 2 aliphatic rings. The van der Waals surface area contributed by atoms with Crippen LogP contribution >= 0.6 is 7.75 Å². The number of benzene rings is 1. The first-order chi connectivity index (χ1) is 16.5. The van der Waals surface area contributed by atoms with E-state index in [1.54, 1.807) is 18.2 Å². The number of carboxylic acids is 1. The zero-order valence-corrected chi connectivity index (χ0v) is 19.8. The van der Waals surface area contributed by atoms with Crippen LogP contribution in [0.2, 0.25) is 0 Å². The number of carboxylic acid groups (broad SMARTS) is 1. The molecule has 0 radical (unpaired) electrons. The molecule has 2 fully saturated rings. The highest BCUT2D eigenvalue weighted by Gasteiger charge is 2.62. The molecule has 0 saturated carbocycles. The van der Waals surface area contributed by atoms with Crippen LogP contribution < -0.4 is 20.9 Å². The maximum absolute atomic E-state index is 13.6. The van der Waals surface area contributed by atoms with E-state index in [0.717, 1.165) is 10.6 Å². The van der Waals surface area contributed by atoms with Crippen molar-refractivity contribution in [3.63, 3.8) is 0 Å². The first-order valence-corrected chi connectivity index (χ1v) is 12.3. The van der Waals surface area contributed by atoms with Gasteiger partial charge < -0.3 is 24.2 Å². The number of aromatic amines is 1. The Hall–Kier alpha value is -2.80. The molecule has 13 nitrogen and oxygen atoms in total. The van der Waals surface area contributed by atoms with Crippen LogP contribution in [-0.4, -0.2) is 62.3 Å². The fraction of sp³-hybridized carbons (Fsp3) is 0.476. The van der Waals surface area contributed by atoms with Crippen LogP contribution in [0.15, 0.2) is 52.2 Å². The molecule has 0 amide bonds. The fourth-order valence-corrected chi connectivity index (χ4v) is 5.57. The first-order valence-electron chi connectivity index (χ1n) is 10.8. The number of ether oxygens (including phenoxy) is 2. The molecule has 3 heterocycles. The lowest BCUT2D eigenvalue weighted by Crippen LogP contribution is -2.57. The van der Waals surface area contributed by atoms with Gasteiger partial charge in [0.2, 0.25) is 0 Å². The van der Waals surface area contributed by atoms with E-state index in [2.05, 4.69) is 10.1 Å². The molecule has 4 N–H and O–H groups in total. The highest BCUT2D eigenvalue weighted by Crippen LogP contribution is 2.51. The summed E-state index contributed by atoms with van der Waals surface area (Å²) in [5, 5.41) is 22.9. The zero-order chi connectivity index (χ0) is 25.4. The molecule has 2 aromatic rings. The van der Waals surface area contributed by atoms with Gasteiger partial charge in [-0.15, -0.1) is 0 Å². The van der Waals surface area contributed by atoms with Crippen molar-refractivity contribution in [1.82, 2.24) is 14.6 Å². The summed E-state index contributed by atoms with van der Waals surface area (Å²) in [5.41, 5.74) is -4.33. The third-order valence-electron chi connectivity index (χ3n) is 5.87. The number of H-pyrrole nitrogens is 1. The number of aliphatic hydroxyl groups is 1. The summed E-state index contributed by atoms with van der Waals surface area (Å²) in [6.07, 6.45) is -1.93. The summed E-state index contributed by atoms with van der Waals surface area (Å²) in [7, 11) is -4.31. The second-order valence-corrected chi connectivity index (χ2v) is 10.4. The van der Waals surface area contributed by atoms with Crippen LogP contribution in [0.25, 0.3) is 0 Å². The van der Waals surface area contributed by atoms with E-state index in [0.29, 0.717) is 13.0 Å². The average molecular weight is 511 g/mol. The normalized spacial score (nSPS) is 27.8. The van der Waals surface area contributed by atoms with Gasteiger partial charge in [0.25, 0.3) is 5.56 Å². The van der Waals surface area contributed by atoms with Crippen molar-refractivity contribution in [3.05, 3.63) is 63.4 Å². The van der Waals surface area contributed by atoms with Crippen molar-refractivity contribution < 1.29 is 38.1 Å². The van der Waals surface area contributed by atoms with E-state index in [1.807, 2.05) is 0 Å². The number of para-hydroxylation sites is 1. The lowest BCUT2D eigenvalue weighted by atomic mass is 9.86. The van der Waals surface area contributed by atoms with Crippen molar-refractivity contribution >= 4 is 13.7 Å². The number of carbonyl (C=O) groups is 1. The van der Waals surface area contributed by atoms with Crippen LogP contribution in [0.1, 0.15) is 26.5 Å². The fourth-order valence-electron chi connectivity index (χ4n) is 3.89. The number of aliphatic carboxylic acids is 1. The van der Waals surface area contributed by atoms with Crippen LogP contribution in [0.4, 0.5) is 0 Å².